The van der Waals surface area contributed by atoms with Crippen molar-refractivity contribution < 1.29 is 0 Å². The zero-order chi connectivity index (χ0) is 13.1. The monoisotopic (exact) mass is 264 g/mol. The van der Waals surface area contributed by atoms with Gasteiger partial charge in [0.15, 0.2) is 0 Å². The van der Waals surface area contributed by atoms with Crippen LogP contribution in [0, 0.1) is 6.92 Å². The van der Waals surface area contributed by atoms with Crippen LogP contribution in [0.4, 0.5) is 0 Å². The first kappa shape index (κ1) is 13.2. The van der Waals surface area contributed by atoms with Crippen LogP contribution in [0.3, 0.4) is 0 Å². The van der Waals surface area contributed by atoms with Crippen LogP contribution in [-0.2, 0) is 6.54 Å². The minimum Gasteiger partial charge on any atom is -0.329 e. The molecule has 98 valence electrons. The molecule has 0 fully saturated rings. The maximum Gasteiger partial charge on any atom is 0.142 e. The first-order valence-corrected chi connectivity index (χ1v) is 7.20. The Morgan fingerprint density at radius 2 is 2.22 bits per heavy atom. The minimum absolute atomic E-state index is 0.360. The van der Waals surface area contributed by atoms with Gasteiger partial charge in [0, 0.05) is 17.5 Å². The van der Waals surface area contributed by atoms with Gasteiger partial charge in [-0.15, -0.1) is 11.3 Å². The molecular weight excluding hydrogens is 244 g/mol. The maximum atomic E-state index is 4.68. The van der Waals surface area contributed by atoms with E-state index in [9.17, 15) is 0 Å². The summed E-state index contributed by atoms with van der Waals surface area (Å²) in [6.45, 7) is 10.4. The van der Waals surface area contributed by atoms with E-state index >= 15 is 0 Å². The number of hydrogen-bond donors (Lipinski definition) is 1. The molecule has 5 heteroatoms. The van der Waals surface area contributed by atoms with Gasteiger partial charge >= 0.3 is 0 Å². The van der Waals surface area contributed by atoms with Crippen molar-refractivity contribution in [1.29, 1.82) is 0 Å². The van der Waals surface area contributed by atoms with Crippen LogP contribution < -0.4 is 5.32 Å². The summed E-state index contributed by atoms with van der Waals surface area (Å²) in [5.41, 5.74) is 2.23. The van der Waals surface area contributed by atoms with Crippen molar-refractivity contribution in [3.05, 3.63) is 23.1 Å². The summed E-state index contributed by atoms with van der Waals surface area (Å²) in [6.07, 6.45) is 3.75. The van der Waals surface area contributed by atoms with Crippen molar-refractivity contribution >= 4 is 11.3 Å². The Balaban J connectivity index is 2.34. The Labute approximate surface area is 112 Å². The molecule has 0 amide bonds. The Morgan fingerprint density at radius 1 is 1.44 bits per heavy atom. The highest BCUT2D eigenvalue weighted by Gasteiger charge is 2.16. The highest BCUT2D eigenvalue weighted by molar-refractivity contribution is 7.15. The molecule has 0 aliphatic rings. The molecule has 2 heterocycles. The molecule has 2 aromatic heterocycles. The lowest BCUT2D eigenvalue weighted by Gasteiger charge is -2.09. The van der Waals surface area contributed by atoms with E-state index in [1.54, 1.807) is 11.3 Å². The Bertz CT molecular complexity index is 515. The first-order valence-electron chi connectivity index (χ1n) is 6.38. The van der Waals surface area contributed by atoms with Gasteiger partial charge in [0.2, 0.25) is 0 Å². The van der Waals surface area contributed by atoms with Gasteiger partial charge in [0.25, 0.3) is 0 Å². The lowest BCUT2D eigenvalue weighted by molar-refractivity contribution is 0.603. The van der Waals surface area contributed by atoms with Crippen molar-refractivity contribution in [3.8, 4) is 10.7 Å². The second-order valence-corrected chi connectivity index (χ2v) is 5.34. The standard InChI is InChI=1S/C13H20N4S/c1-5-15-9(3)12-10(4)16-13(18-12)11-7-14-8-17(11)6-2/h7-9,15H,5-6H2,1-4H3. The molecule has 2 rings (SSSR count). The predicted molar refractivity (Wildman–Crippen MR) is 75.8 cm³/mol. The van der Waals surface area contributed by atoms with Gasteiger partial charge in [0.05, 0.1) is 23.9 Å². The number of nitrogens with one attached hydrogen (secondary N) is 1. The van der Waals surface area contributed by atoms with E-state index in [-0.39, 0.29) is 0 Å². The van der Waals surface area contributed by atoms with E-state index < -0.39 is 0 Å². The number of hydrogen-bond acceptors (Lipinski definition) is 4. The normalized spacial score (nSPS) is 12.9. The van der Waals surface area contributed by atoms with Gasteiger partial charge in [-0.1, -0.05) is 6.92 Å². The molecule has 0 saturated carbocycles. The maximum absolute atomic E-state index is 4.68. The first-order chi connectivity index (χ1) is 8.67. The van der Waals surface area contributed by atoms with Crippen LogP contribution in [0.15, 0.2) is 12.5 Å². The van der Waals surface area contributed by atoms with Crippen molar-refractivity contribution in [3.63, 3.8) is 0 Å². The summed E-state index contributed by atoms with van der Waals surface area (Å²) in [4.78, 5) is 10.2. The molecule has 1 unspecified atom stereocenters. The second-order valence-electron chi connectivity index (χ2n) is 4.31. The number of aromatic nitrogens is 3. The Kier molecular flexibility index (Phi) is 4.14. The average Bonchev–Trinajstić information content (AvgIpc) is 2.94. The zero-order valence-electron chi connectivity index (χ0n) is 11.4. The van der Waals surface area contributed by atoms with Gasteiger partial charge in [-0.2, -0.15) is 0 Å². The summed E-state index contributed by atoms with van der Waals surface area (Å²) < 4.78 is 2.12. The van der Waals surface area contributed by atoms with E-state index in [2.05, 4.69) is 47.5 Å². The van der Waals surface area contributed by atoms with Gasteiger partial charge < -0.3 is 9.88 Å². The zero-order valence-corrected chi connectivity index (χ0v) is 12.2. The smallest absolute Gasteiger partial charge is 0.142 e. The van der Waals surface area contributed by atoms with Crippen molar-refractivity contribution in [2.75, 3.05) is 6.54 Å². The molecule has 0 aliphatic carbocycles. The van der Waals surface area contributed by atoms with Crippen LogP contribution in [0.25, 0.3) is 10.7 Å². The molecule has 1 atom stereocenters. The molecule has 4 nitrogen and oxygen atoms in total. The van der Waals surface area contributed by atoms with Gasteiger partial charge in [-0.3, -0.25) is 0 Å². The van der Waals surface area contributed by atoms with Crippen LogP contribution in [0.5, 0.6) is 0 Å². The summed E-state index contributed by atoms with van der Waals surface area (Å²) in [5.74, 6) is 0. The SMILES string of the molecule is CCNC(C)c1sc(-c2cncn2CC)nc1C. The molecular formula is C13H20N4S. The third-order valence-electron chi connectivity index (χ3n) is 3.01. The minimum atomic E-state index is 0.360. The van der Waals surface area contributed by atoms with E-state index in [0.29, 0.717) is 6.04 Å². The number of thiazole rings is 1. The molecule has 0 aliphatic heterocycles. The van der Waals surface area contributed by atoms with E-state index in [4.69, 9.17) is 0 Å². The Morgan fingerprint density at radius 3 is 2.89 bits per heavy atom. The van der Waals surface area contributed by atoms with E-state index in [1.165, 1.54) is 4.88 Å². The lowest BCUT2D eigenvalue weighted by atomic mass is 10.2. The van der Waals surface area contributed by atoms with Crippen LogP contribution in [-0.4, -0.2) is 21.1 Å². The highest BCUT2D eigenvalue weighted by Crippen LogP contribution is 2.31. The largest absolute Gasteiger partial charge is 0.329 e. The molecule has 0 bridgehead atoms. The molecule has 0 saturated heterocycles. The van der Waals surface area contributed by atoms with Crippen molar-refractivity contribution in [2.24, 2.45) is 0 Å². The Hall–Kier alpha value is -1.20. The van der Waals surface area contributed by atoms with Crippen LogP contribution in [0.2, 0.25) is 0 Å². The summed E-state index contributed by atoms with van der Waals surface area (Å²) >= 11 is 1.76. The van der Waals surface area contributed by atoms with Crippen molar-refractivity contribution in [2.45, 2.75) is 40.3 Å². The summed E-state index contributed by atoms with van der Waals surface area (Å²) in [6, 6.07) is 0.360. The van der Waals surface area contributed by atoms with E-state index in [1.807, 2.05) is 12.5 Å². The van der Waals surface area contributed by atoms with Gasteiger partial charge in [-0.25, -0.2) is 9.97 Å². The second kappa shape index (κ2) is 5.63. The van der Waals surface area contributed by atoms with Crippen LogP contribution >= 0.6 is 11.3 Å². The number of imidazole rings is 1. The number of aryl methyl sites for hydroxylation is 2. The molecule has 0 spiro atoms. The topological polar surface area (TPSA) is 42.7 Å². The fourth-order valence-corrected chi connectivity index (χ4v) is 3.19. The molecule has 0 aromatic carbocycles. The quantitative estimate of drug-likeness (QED) is 0.902. The molecule has 18 heavy (non-hydrogen) atoms. The predicted octanol–water partition coefficient (Wildman–Crippen LogP) is 3.01. The number of rotatable bonds is 5. The lowest BCUT2D eigenvalue weighted by Crippen LogP contribution is -2.17. The summed E-state index contributed by atoms with van der Waals surface area (Å²) in [5, 5.41) is 4.50. The molecule has 2 aromatic rings. The third kappa shape index (κ3) is 2.47. The fraction of sp³-hybridized carbons (Fsp3) is 0.538. The van der Waals surface area contributed by atoms with Gasteiger partial charge in [-0.05, 0) is 27.3 Å². The molecule has 0 radical (unpaired) electrons. The fourth-order valence-electron chi connectivity index (χ4n) is 2.07. The van der Waals surface area contributed by atoms with Crippen LogP contribution in [0.1, 0.15) is 37.4 Å². The average molecular weight is 264 g/mol. The molecule has 1 N–H and O–H groups in total. The summed E-state index contributed by atoms with van der Waals surface area (Å²) in [7, 11) is 0. The highest BCUT2D eigenvalue weighted by atomic mass is 32.1. The van der Waals surface area contributed by atoms with Gasteiger partial charge in [0.1, 0.15) is 5.01 Å². The van der Waals surface area contributed by atoms with Crippen molar-refractivity contribution in [1.82, 2.24) is 19.9 Å². The number of nitrogens with zero attached hydrogens (tertiary/aromatic N) is 3. The van der Waals surface area contributed by atoms with E-state index in [0.717, 1.165) is 29.5 Å². The third-order valence-corrected chi connectivity index (χ3v) is 4.37.